The summed E-state index contributed by atoms with van der Waals surface area (Å²) in [4.78, 5) is 2.68. The molecule has 1 aromatic heterocycles. The van der Waals surface area contributed by atoms with Gasteiger partial charge in [-0.1, -0.05) is 210 Å². The maximum atomic E-state index is 4.34. The Kier molecular flexibility index (Phi) is 27.0. The van der Waals surface area contributed by atoms with Gasteiger partial charge in [0.1, 0.15) is 6.20 Å². The molecule has 0 aliphatic carbocycles. The number of rotatable bonds is 33. The summed E-state index contributed by atoms with van der Waals surface area (Å²) >= 11 is 0. The van der Waals surface area contributed by atoms with E-state index in [0.29, 0.717) is 0 Å². The van der Waals surface area contributed by atoms with Crippen LogP contribution in [-0.2, 0) is 7.05 Å². The lowest BCUT2D eigenvalue weighted by Gasteiger charge is -2.25. The molecule has 0 unspecified atom stereocenters. The van der Waals surface area contributed by atoms with Gasteiger partial charge in [-0.3, -0.25) is 0 Å². The van der Waals surface area contributed by atoms with Crippen LogP contribution in [0.25, 0.3) is 12.2 Å². The number of anilines is 1. The van der Waals surface area contributed by atoms with Crippen LogP contribution in [0.1, 0.15) is 205 Å². The van der Waals surface area contributed by atoms with Gasteiger partial charge in [-0.15, -0.1) is 0 Å². The molecule has 0 saturated heterocycles. The standard InChI is InChI=1S/C45H78N3/c1-4-6-8-10-12-14-16-18-20-22-24-26-28-30-39-48(40-31-29-27-25-23-21-19-17-15-13-11-9-7-5-2)45-36-34-43(35-37-45)32-33-44-38-41-47(3)46-42-44/h32-38,41-42H,4-31,39-40H2,1-3H3/q+1. The van der Waals surface area contributed by atoms with Gasteiger partial charge in [-0.2, -0.15) is 0 Å². The molecule has 48 heavy (non-hydrogen) atoms. The van der Waals surface area contributed by atoms with E-state index in [-0.39, 0.29) is 0 Å². The van der Waals surface area contributed by atoms with Crippen LogP contribution in [-0.4, -0.2) is 18.2 Å². The van der Waals surface area contributed by atoms with E-state index in [4.69, 9.17) is 0 Å². The largest absolute Gasteiger partial charge is 0.372 e. The van der Waals surface area contributed by atoms with Crippen LogP contribution in [0.3, 0.4) is 0 Å². The maximum absolute atomic E-state index is 4.34. The van der Waals surface area contributed by atoms with Crippen molar-refractivity contribution in [2.45, 2.75) is 194 Å². The van der Waals surface area contributed by atoms with E-state index in [1.807, 2.05) is 24.1 Å². The molecule has 3 nitrogen and oxygen atoms in total. The fraction of sp³-hybridized carbons (Fsp3) is 0.733. The van der Waals surface area contributed by atoms with E-state index in [2.05, 4.69) is 66.3 Å². The van der Waals surface area contributed by atoms with Crippen molar-refractivity contribution in [3.8, 4) is 0 Å². The predicted octanol–water partition coefficient (Wildman–Crippen LogP) is 13.8. The molecule has 0 radical (unpaired) electrons. The Morgan fingerprint density at radius 1 is 0.458 bits per heavy atom. The Bertz CT molecular complexity index is 948. The lowest BCUT2D eigenvalue weighted by atomic mass is 10.0. The molecule has 0 aliphatic heterocycles. The first-order chi connectivity index (χ1) is 23.7. The topological polar surface area (TPSA) is 20.0 Å². The highest BCUT2D eigenvalue weighted by atomic mass is 15.2. The molecule has 0 fully saturated rings. The summed E-state index contributed by atoms with van der Waals surface area (Å²) in [5.41, 5.74) is 3.78. The van der Waals surface area contributed by atoms with Crippen LogP contribution in [0.4, 0.5) is 5.69 Å². The Labute approximate surface area is 299 Å². The summed E-state index contributed by atoms with van der Waals surface area (Å²) in [5.74, 6) is 0. The molecule has 0 N–H and O–H groups in total. The highest BCUT2D eigenvalue weighted by Crippen LogP contribution is 2.20. The molecule has 1 heterocycles. The molecular weight excluding hydrogens is 583 g/mol. The third-order valence-electron chi connectivity index (χ3n) is 10.2. The predicted molar refractivity (Wildman–Crippen MR) is 214 cm³/mol. The van der Waals surface area contributed by atoms with Crippen molar-refractivity contribution in [3.05, 3.63) is 53.9 Å². The summed E-state index contributed by atoms with van der Waals surface area (Å²) in [6.45, 7) is 7.00. The van der Waals surface area contributed by atoms with Gasteiger partial charge in [0.25, 0.3) is 0 Å². The van der Waals surface area contributed by atoms with Crippen molar-refractivity contribution in [2.24, 2.45) is 7.05 Å². The van der Waals surface area contributed by atoms with Crippen molar-refractivity contribution in [2.75, 3.05) is 18.0 Å². The normalized spacial score (nSPS) is 11.6. The number of hydrogen-bond donors (Lipinski definition) is 0. The zero-order chi connectivity index (χ0) is 34.2. The zero-order valence-corrected chi connectivity index (χ0v) is 32.3. The summed E-state index contributed by atoms with van der Waals surface area (Å²) < 4.78 is 1.83. The second kappa shape index (κ2) is 30.9. The van der Waals surface area contributed by atoms with E-state index < -0.39 is 0 Å². The summed E-state index contributed by atoms with van der Waals surface area (Å²) in [6, 6.07) is 11.4. The molecule has 0 saturated carbocycles. The van der Waals surface area contributed by atoms with Gasteiger partial charge in [0.05, 0.1) is 0 Å². The van der Waals surface area contributed by atoms with E-state index in [1.165, 1.54) is 204 Å². The highest BCUT2D eigenvalue weighted by Gasteiger charge is 2.07. The van der Waals surface area contributed by atoms with Crippen LogP contribution in [0.5, 0.6) is 0 Å². The van der Waals surface area contributed by atoms with E-state index in [9.17, 15) is 0 Å². The summed E-state index contributed by atoms with van der Waals surface area (Å²) in [5, 5.41) is 4.34. The molecule has 0 bridgehead atoms. The minimum absolute atomic E-state index is 1.13. The van der Waals surface area contributed by atoms with Crippen LogP contribution < -0.4 is 9.58 Å². The maximum Gasteiger partial charge on any atom is 0.196 e. The van der Waals surface area contributed by atoms with Crippen molar-refractivity contribution in [1.29, 1.82) is 0 Å². The van der Waals surface area contributed by atoms with Gasteiger partial charge in [0.2, 0.25) is 0 Å². The summed E-state index contributed by atoms with van der Waals surface area (Å²) in [6.07, 6.45) is 48.1. The highest BCUT2D eigenvalue weighted by molar-refractivity contribution is 5.70. The Morgan fingerprint density at radius 3 is 1.17 bits per heavy atom. The molecule has 3 heteroatoms. The third-order valence-corrected chi connectivity index (χ3v) is 10.2. The van der Waals surface area contributed by atoms with Gasteiger partial charge in [0.15, 0.2) is 13.2 Å². The minimum atomic E-state index is 1.13. The van der Waals surface area contributed by atoms with Crippen molar-refractivity contribution >= 4 is 17.8 Å². The number of benzene rings is 1. The molecule has 2 rings (SSSR count). The van der Waals surface area contributed by atoms with Crippen molar-refractivity contribution in [3.63, 3.8) is 0 Å². The fourth-order valence-corrected chi connectivity index (χ4v) is 6.88. The average molecular weight is 661 g/mol. The smallest absolute Gasteiger partial charge is 0.196 e. The van der Waals surface area contributed by atoms with E-state index in [1.54, 1.807) is 0 Å². The second-order valence-electron chi connectivity index (χ2n) is 14.7. The molecule has 0 aliphatic rings. The van der Waals surface area contributed by atoms with E-state index >= 15 is 0 Å². The zero-order valence-electron chi connectivity index (χ0n) is 32.3. The number of nitrogens with zero attached hydrogens (tertiary/aromatic N) is 3. The van der Waals surface area contributed by atoms with E-state index in [0.717, 1.165) is 5.56 Å². The second-order valence-corrected chi connectivity index (χ2v) is 14.7. The minimum Gasteiger partial charge on any atom is -0.372 e. The molecule has 0 atom stereocenters. The molecular formula is C45H78N3+. The molecule has 272 valence electrons. The van der Waals surface area contributed by atoms with Gasteiger partial charge in [-0.25, -0.2) is 0 Å². The molecule has 2 aromatic rings. The van der Waals surface area contributed by atoms with Crippen molar-refractivity contribution in [1.82, 2.24) is 5.10 Å². The first-order valence-electron chi connectivity index (χ1n) is 21.1. The van der Waals surface area contributed by atoms with Crippen LogP contribution in [0, 0.1) is 0 Å². The SMILES string of the molecule is CCCCCCCCCCCCCCCCN(CCCCCCCCCCCCCCCC)c1ccc(/C=C/c2cc[n+](C)nc2)cc1. The summed E-state index contributed by atoms with van der Waals surface area (Å²) in [7, 11) is 1.95. The Hall–Kier alpha value is -2.16. The fourth-order valence-electron chi connectivity index (χ4n) is 6.88. The molecule has 0 amide bonds. The van der Waals surface area contributed by atoms with Gasteiger partial charge in [0, 0.05) is 30.4 Å². The molecule has 1 aromatic carbocycles. The van der Waals surface area contributed by atoms with Crippen molar-refractivity contribution < 1.29 is 4.68 Å². The number of aryl methyl sites for hydroxylation is 1. The first-order valence-corrected chi connectivity index (χ1v) is 21.1. The number of aromatic nitrogens is 2. The number of hydrogen-bond acceptors (Lipinski definition) is 2. The van der Waals surface area contributed by atoms with Gasteiger partial charge >= 0.3 is 0 Å². The average Bonchev–Trinajstić information content (AvgIpc) is 3.11. The third kappa shape index (κ3) is 23.2. The van der Waals surface area contributed by atoms with Gasteiger partial charge < -0.3 is 4.90 Å². The number of unbranched alkanes of at least 4 members (excludes halogenated alkanes) is 26. The molecule has 0 spiro atoms. The quantitative estimate of drug-likeness (QED) is 0.0561. The first kappa shape index (κ1) is 42.0. The van der Waals surface area contributed by atoms with Gasteiger partial charge in [-0.05, 0) is 35.6 Å². The van der Waals surface area contributed by atoms with Crippen LogP contribution in [0.2, 0.25) is 0 Å². The Morgan fingerprint density at radius 2 is 0.812 bits per heavy atom. The Balaban J connectivity index is 1.66. The lowest BCUT2D eigenvalue weighted by molar-refractivity contribution is -0.730. The lowest BCUT2D eigenvalue weighted by Crippen LogP contribution is -2.31. The van der Waals surface area contributed by atoms with Crippen LogP contribution in [0.15, 0.2) is 42.7 Å². The van der Waals surface area contributed by atoms with Crippen LogP contribution >= 0.6 is 0 Å². The monoisotopic (exact) mass is 661 g/mol.